The third-order valence-corrected chi connectivity index (χ3v) is 5.28. The maximum Gasteiger partial charge on any atom is 0.307 e. The molecule has 1 saturated heterocycles. The molecule has 0 radical (unpaired) electrons. The SMILES string of the molecule is COC(=O)C[C@H]1CC[C@@H](CNC(=O)c2nn(C)c(=O)c3ccccc23)N1C. The molecule has 1 aromatic carbocycles. The molecule has 0 aliphatic carbocycles. The molecule has 0 spiro atoms. The molecular weight excluding hydrogens is 348 g/mol. The first-order valence-electron chi connectivity index (χ1n) is 8.95. The van der Waals surface area contributed by atoms with E-state index in [1.54, 1.807) is 24.3 Å². The summed E-state index contributed by atoms with van der Waals surface area (Å²) in [4.78, 5) is 38.5. The van der Waals surface area contributed by atoms with Crippen molar-refractivity contribution >= 4 is 22.6 Å². The van der Waals surface area contributed by atoms with Gasteiger partial charge in [0.25, 0.3) is 11.5 Å². The summed E-state index contributed by atoms with van der Waals surface area (Å²) in [6, 6.07) is 7.23. The molecule has 3 rings (SSSR count). The lowest BCUT2D eigenvalue weighted by molar-refractivity contribution is -0.141. The Bertz CT molecular complexity index is 924. The van der Waals surface area contributed by atoms with Crippen molar-refractivity contribution in [2.24, 2.45) is 7.05 Å². The van der Waals surface area contributed by atoms with E-state index in [-0.39, 0.29) is 35.2 Å². The van der Waals surface area contributed by atoms with Crippen molar-refractivity contribution in [3.63, 3.8) is 0 Å². The van der Waals surface area contributed by atoms with Gasteiger partial charge in [-0.15, -0.1) is 0 Å². The molecule has 1 aliphatic heterocycles. The van der Waals surface area contributed by atoms with E-state index in [4.69, 9.17) is 4.74 Å². The summed E-state index contributed by atoms with van der Waals surface area (Å²) in [7, 11) is 4.88. The predicted octanol–water partition coefficient (Wildman–Crippen LogP) is 0.689. The Hall–Kier alpha value is -2.74. The van der Waals surface area contributed by atoms with Gasteiger partial charge in [-0.1, -0.05) is 18.2 Å². The maximum atomic E-state index is 12.7. The highest BCUT2D eigenvalue weighted by atomic mass is 16.5. The lowest BCUT2D eigenvalue weighted by Crippen LogP contribution is -2.42. The lowest BCUT2D eigenvalue weighted by atomic mass is 10.1. The summed E-state index contributed by atoms with van der Waals surface area (Å²) >= 11 is 0. The van der Waals surface area contributed by atoms with Crippen molar-refractivity contribution in [1.82, 2.24) is 20.0 Å². The van der Waals surface area contributed by atoms with E-state index in [2.05, 4.69) is 15.3 Å². The Morgan fingerprint density at radius 2 is 1.85 bits per heavy atom. The quantitative estimate of drug-likeness (QED) is 0.776. The molecule has 2 aromatic rings. The summed E-state index contributed by atoms with van der Waals surface area (Å²) in [5, 5.41) is 8.08. The smallest absolute Gasteiger partial charge is 0.307 e. The van der Waals surface area contributed by atoms with Gasteiger partial charge in [0.15, 0.2) is 5.69 Å². The van der Waals surface area contributed by atoms with Gasteiger partial charge >= 0.3 is 5.97 Å². The second-order valence-electron chi connectivity index (χ2n) is 6.86. The largest absolute Gasteiger partial charge is 0.469 e. The minimum Gasteiger partial charge on any atom is -0.469 e. The van der Waals surface area contributed by atoms with Crippen molar-refractivity contribution in [3.8, 4) is 0 Å². The molecule has 0 saturated carbocycles. The molecule has 0 unspecified atom stereocenters. The fourth-order valence-electron chi connectivity index (χ4n) is 3.62. The number of esters is 1. The number of aryl methyl sites for hydroxylation is 1. The topological polar surface area (TPSA) is 93.5 Å². The van der Waals surface area contributed by atoms with Crippen LogP contribution in [0.1, 0.15) is 29.8 Å². The average Bonchev–Trinajstić information content (AvgIpc) is 3.02. The Balaban J connectivity index is 1.70. The summed E-state index contributed by atoms with van der Waals surface area (Å²) in [5.41, 5.74) is 0.00258. The van der Waals surface area contributed by atoms with E-state index in [0.29, 0.717) is 23.7 Å². The molecule has 1 fully saturated rings. The first-order chi connectivity index (χ1) is 12.9. The van der Waals surface area contributed by atoms with Gasteiger partial charge in [0, 0.05) is 31.1 Å². The van der Waals surface area contributed by atoms with Crippen LogP contribution in [0.4, 0.5) is 0 Å². The van der Waals surface area contributed by atoms with Crippen LogP contribution in [0, 0.1) is 0 Å². The highest BCUT2D eigenvalue weighted by Gasteiger charge is 2.32. The number of likely N-dealkylation sites (tertiary alicyclic amines) is 1. The van der Waals surface area contributed by atoms with Gasteiger partial charge in [0.05, 0.1) is 18.9 Å². The van der Waals surface area contributed by atoms with Crippen molar-refractivity contribution in [1.29, 1.82) is 0 Å². The number of carbonyl (C=O) groups is 2. The molecule has 8 nitrogen and oxygen atoms in total. The van der Waals surface area contributed by atoms with Crippen molar-refractivity contribution in [2.45, 2.75) is 31.3 Å². The Kier molecular flexibility index (Phi) is 5.55. The summed E-state index contributed by atoms with van der Waals surface area (Å²) in [5.74, 6) is -0.538. The minimum atomic E-state index is -0.313. The van der Waals surface area contributed by atoms with E-state index in [9.17, 15) is 14.4 Å². The van der Waals surface area contributed by atoms with Gasteiger partial charge in [-0.05, 0) is 26.0 Å². The van der Waals surface area contributed by atoms with E-state index in [1.165, 1.54) is 18.8 Å². The zero-order chi connectivity index (χ0) is 19.6. The van der Waals surface area contributed by atoms with Crippen LogP contribution in [-0.2, 0) is 16.6 Å². The molecule has 144 valence electrons. The zero-order valence-electron chi connectivity index (χ0n) is 15.8. The fourth-order valence-corrected chi connectivity index (χ4v) is 3.62. The number of fused-ring (bicyclic) bond motifs is 1. The molecule has 1 N–H and O–H groups in total. The first-order valence-corrected chi connectivity index (χ1v) is 8.95. The van der Waals surface area contributed by atoms with E-state index in [0.717, 1.165) is 12.8 Å². The monoisotopic (exact) mass is 372 g/mol. The highest BCUT2D eigenvalue weighted by molar-refractivity contribution is 6.04. The minimum absolute atomic E-state index is 0.121. The number of ether oxygens (including phenoxy) is 1. The Morgan fingerprint density at radius 1 is 1.19 bits per heavy atom. The summed E-state index contributed by atoms with van der Waals surface area (Å²) in [6.07, 6.45) is 2.12. The van der Waals surface area contributed by atoms with Crippen LogP contribution in [0.3, 0.4) is 0 Å². The normalized spacial score (nSPS) is 20.0. The lowest BCUT2D eigenvalue weighted by Gasteiger charge is -2.25. The number of aromatic nitrogens is 2. The molecule has 0 bridgehead atoms. The number of nitrogens with one attached hydrogen (secondary N) is 1. The van der Waals surface area contributed by atoms with Crippen LogP contribution in [0.5, 0.6) is 0 Å². The van der Waals surface area contributed by atoms with Crippen LogP contribution in [0.15, 0.2) is 29.1 Å². The average molecular weight is 372 g/mol. The predicted molar refractivity (Wildman–Crippen MR) is 101 cm³/mol. The molecule has 8 heteroatoms. The van der Waals surface area contributed by atoms with Crippen LogP contribution in [0.25, 0.3) is 10.8 Å². The van der Waals surface area contributed by atoms with E-state index in [1.807, 2.05) is 7.05 Å². The molecule has 1 aromatic heterocycles. The number of rotatable bonds is 5. The number of likely N-dealkylation sites (N-methyl/N-ethyl adjacent to an activating group) is 1. The van der Waals surface area contributed by atoms with Crippen LogP contribution in [-0.4, -0.2) is 59.3 Å². The van der Waals surface area contributed by atoms with Gasteiger partial charge < -0.3 is 10.1 Å². The molecule has 1 amide bonds. The van der Waals surface area contributed by atoms with Crippen molar-refractivity contribution < 1.29 is 14.3 Å². The number of methoxy groups -OCH3 is 1. The zero-order valence-corrected chi connectivity index (χ0v) is 15.8. The molecule has 1 aliphatic rings. The van der Waals surface area contributed by atoms with Crippen LogP contribution in [0.2, 0.25) is 0 Å². The fraction of sp³-hybridized carbons (Fsp3) is 0.474. The first kappa shape index (κ1) is 19.0. The summed E-state index contributed by atoms with van der Waals surface area (Å²) in [6.45, 7) is 0.450. The van der Waals surface area contributed by atoms with Gasteiger partial charge in [-0.2, -0.15) is 5.10 Å². The Morgan fingerprint density at radius 3 is 2.56 bits per heavy atom. The number of amides is 1. The highest BCUT2D eigenvalue weighted by Crippen LogP contribution is 2.24. The van der Waals surface area contributed by atoms with Gasteiger partial charge in [0.2, 0.25) is 0 Å². The number of hydrogen-bond donors (Lipinski definition) is 1. The number of carbonyl (C=O) groups excluding carboxylic acids is 2. The van der Waals surface area contributed by atoms with Crippen molar-refractivity contribution in [3.05, 3.63) is 40.3 Å². The second-order valence-corrected chi connectivity index (χ2v) is 6.86. The van der Waals surface area contributed by atoms with Crippen LogP contribution >= 0.6 is 0 Å². The van der Waals surface area contributed by atoms with Gasteiger partial charge in [-0.25, -0.2) is 4.68 Å². The van der Waals surface area contributed by atoms with E-state index >= 15 is 0 Å². The van der Waals surface area contributed by atoms with Crippen molar-refractivity contribution in [2.75, 3.05) is 20.7 Å². The second kappa shape index (κ2) is 7.87. The van der Waals surface area contributed by atoms with E-state index < -0.39 is 0 Å². The Labute approximate surface area is 157 Å². The number of nitrogens with zero attached hydrogens (tertiary/aromatic N) is 3. The number of hydrogen-bond acceptors (Lipinski definition) is 6. The molecule has 27 heavy (non-hydrogen) atoms. The summed E-state index contributed by atoms with van der Waals surface area (Å²) < 4.78 is 5.93. The molecule has 2 atom stereocenters. The number of benzene rings is 1. The van der Waals surface area contributed by atoms with Gasteiger partial charge in [-0.3, -0.25) is 19.3 Å². The standard InChI is InChI=1S/C19H24N4O4/c1-22-12(10-16(24)27-3)8-9-13(22)11-20-18(25)17-14-6-4-5-7-15(14)19(26)23(2)21-17/h4-7,12-13H,8-11H2,1-3H3,(H,20,25)/t12-,13+/m1/s1. The van der Waals surface area contributed by atoms with Gasteiger partial charge in [0.1, 0.15) is 0 Å². The third kappa shape index (κ3) is 3.85. The maximum absolute atomic E-state index is 12.7. The van der Waals surface area contributed by atoms with Crippen LogP contribution < -0.4 is 10.9 Å². The third-order valence-electron chi connectivity index (χ3n) is 5.28. The molecular formula is C19H24N4O4. The molecule has 2 heterocycles.